The van der Waals surface area contributed by atoms with Gasteiger partial charge in [0, 0.05) is 38.9 Å². The van der Waals surface area contributed by atoms with E-state index >= 15 is 0 Å². The van der Waals surface area contributed by atoms with Crippen molar-refractivity contribution in [2.75, 3.05) is 38.1 Å². The second kappa shape index (κ2) is 10.2. The number of benzene rings is 1. The lowest BCUT2D eigenvalue weighted by Crippen LogP contribution is -2.47. The summed E-state index contributed by atoms with van der Waals surface area (Å²) >= 11 is 0. The number of carbonyl (C=O) groups is 1. The number of hydrogen-bond donors (Lipinski definition) is 3. The highest BCUT2D eigenvalue weighted by molar-refractivity contribution is 5.82. The SMILES string of the molecule is CN=C(NCCCC1CCCC1)NCc1ccc(N2CCNC(=O)C2)cc1. The normalized spacial score (nSPS) is 18.5. The zero-order valence-corrected chi connectivity index (χ0v) is 16.5. The van der Waals surface area contributed by atoms with E-state index in [1.54, 1.807) is 0 Å². The number of piperazine rings is 1. The predicted molar refractivity (Wildman–Crippen MR) is 111 cm³/mol. The van der Waals surface area contributed by atoms with Crippen molar-refractivity contribution in [3.63, 3.8) is 0 Å². The first-order chi connectivity index (χ1) is 13.2. The standard InChI is InChI=1S/C21H33N5O/c1-22-21(24-12-4-7-17-5-2-3-6-17)25-15-18-8-10-19(11-9-18)26-14-13-23-20(27)16-26/h8-11,17H,2-7,12-16H2,1H3,(H,23,27)(H2,22,24,25). The molecule has 1 saturated carbocycles. The van der Waals surface area contributed by atoms with Crippen molar-refractivity contribution < 1.29 is 4.79 Å². The first kappa shape index (κ1) is 19.5. The molecule has 2 aliphatic rings. The second-order valence-electron chi connectivity index (χ2n) is 7.58. The van der Waals surface area contributed by atoms with Crippen molar-refractivity contribution >= 4 is 17.6 Å². The van der Waals surface area contributed by atoms with Crippen LogP contribution in [0.15, 0.2) is 29.3 Å². The van der Waals surface area contributed by atoms with Crippen LogP contribution in [0.5, 0.6) is 0 Å². The van der Waals surface area contributed by atoms with Crippen molar-refractivity contribution in [2.45, 2.75) is 45.1 Å². The fraction of sp³-hybridized carbons (Fsp3) is 0.619. The van der Waals surface area contributed by atoms with Gasteiger partial charge in [0.15, 0.2) is 5.96 Å². The van der Waals surface area contributed by atoms with E-state index < -0.39 is 0 Å². The summed E-state index contributed by atoms with van der Waals surface area (Å²) < 4.78 is 0. The molecule has 1 heterocycles. The quantitative estimate of drug-likeness (QED) is 0.391. The number of hydrogen-bond acceptors (Lipinski definition) is 3. The topological polar surface area (TPSA) is 68.8 Å². The highest BCUT2D eigenvalue weighted by Gasteiger charge is 2.16. The lowest BCUT2D eigenvalue weighted by Gasteiger charge is -2.28. The van der Waals surface area contributed by atoms with E-state index in [2.05, 4.69) is 50.1 Å². The molecule has 0 unspecified atom stereocenters. The van der Waals surface area contributed by atoms with Crippen LogP contribution in [0.3, 0.4) is 0 Å². The fourth-order valence-corrected chi connectivity index (χ4v) is 3.99. The largest absolute Gasteiger partial charge is 0.360 e. The summed E-state index contributed by atoms with van der Waals surface area (Å²) in [7, 11) is 1.82. The van der Waals surface area contributed by atoms with E-state index in [1.807, 2.05) is 7.05 Å². The average molecular weight is 372 g/mol. The van der Waals surface area contributed by atoms with Crippen LogP contribution in [0.25, 0.3) is 0 Å². The van der Waals surface area contributed by atoms with Gasteiger partial charge in [-0.3, -0.25) is 9.79 Å². The van der Waals surface area contributed by atoms with Crippen LogP contribution >= 0.6 is 0 Å². The number of anilines is 1. The molecule has 3 N–H and O–H groups in total. The molecule has 0 aromatic heterocycles. The number of amides is 1. The molecule has 27 heavy (non-hydrogen) atoms. The lowest BCUT2D eigenvalue weighted by atomic mass is 10.0. The number of guanidine groups is 1. The molecule has 1 aromatic carbocycles. The van der Waals surface area contributed by atoms with Crippen LogP contribution in [0.2, 0.25) is 0 Å². The summed E-state index contributed by atoms with van der Waals surface area (Å²) in [5.74, 6) is 1.90. The Morgan fingerprint density at radius 1 is 1.22 bits per heavy atom. The van der Waals surface area contributed by atoms with E-state index in [0.29, 0.717) is 13.1 Å². The average Bonchev–Trinajstić information content (AvgIpc) is 3.21. The molecule has 3 rings (SSSR count). The summed E-state index contributed by atoms with van der Waals surface area (Å²) in [6.07, 6.45) is 8.23. The molecule has 0 radical (unpaired) electrons. The van der Waals surface area contributed by atoms with Crippen molar-refractivity contribution in [1.29, 1.82) is 0 Å². The maximum absolute atomic E-state index is 11.5. The van der Waals surface area contributed by atoms with Crippen LogP contribution < -0.4 is 20.9 Å². The smallest absolute Gasteiger partial charge is 0.239 e. The minimum absolute atomic E-state index is 0.0924. The minimum Gasteiger partial charge on any atom is -0.360 e. The van der Waals surface area contributed by atoms with E-state index in [-0.39, 0.29) is 5.91 Å². The summed E-state index contributed by atoms with van der Waals surface area (Å²) in [6, 6.07) is 8.41. The zero-order chi connectivity index (χ0) is 18.9. The number of nitrogens with one attached hydrogen (secondary N) is 3. The highest BCUT2D eigenvalue weighted by Crippen LogP contribution is 2.28. The van der Waals surface area contributed by atoms with Crippen molar-refractivity contribution in [3.05, 3.63) is 29.8 Å². The van der Waals surface area contributed by atoms with Crippen LogP contribution in [-0.2, 0) is 11.3 Å². The van der Waals surface area contributed by atoms with Gasteiger partial charge in [-0.15, -0.1) is 0 Å². The zero-order valence-electron chi connectivity index (χ0n) is 16.5. The van der Waals surface area contributed by atoms with Crippen LogP contribution in [-0.4, -0.2) is 45.1 Å². The number of nitrogens with zero attached hydrogens (tertiary/aromatic N) is 2. The third-order valence-electron chi connectivity index (χ3n) is 5.58. The third kappa shape index (κ3) is 6.15. The molecule has 1 saturated heterocycles. The molecule has 1 aliphatic carbocycles. The Hall–Kier alpha value is -2.24. The number of aliphatic imine (C=N–C) groups is 1. The fourth-order valence-electron chi connectivity index (χ4n) is 3.99. The van der Waals surface area contributed by atoms with Crippen LogP contribution in [0, 0.1) is 5.92 Å². The van der Waals surface area contributed by atoms with Gasteiger partial charge >= 0.3 is 0 Å². The lowest BCUT2D eigenvalue weighted by molar-refractivity contribution is -0.120. The van der Waals surface area contributed by atoms with E-state index in [0.717, 1.165) is 37.2 Å². The minimum atomic E-state index is 0.0924. The van der Waals surface area contributed by atoms with Gasteiger partial charge in [0.2, 0.25) is 5.91 Å². The third-order valence-corrected chi connectivity index (χ3v) is 5.58. The molecule has 0 bridgehead atoms. The van der Waals surface area contributed by atoms with Crippen molar-refractivity contribution in [3.8, 4) is 0 Å². The van der Waals surface area contributed by atoms with Gasteiger partial charge in [0.1, 0.15) is 0 Å². The van der Waals surface area contributed by atoms with Gasteiger partial charge in [0.05, 0.1) is 6.54 Å². The molecule has 0 spiro atoms. The first-order valence-electron chi connectivity index (χ1n) is 10.3. The van der Waals surface area contributed by atoms with Gasteiger partial charge in [-0.05, 0) is 36.5 Å². The summed E-state index contributed by atoms with van der Waals surface area (Å²) in [6.45, 7) is 3.73. The van der Waals surface area contributed by atoms with E-state index in [4.69, 9.17) is 0 Å². The van der Waals surface area contributed by atoms with Gasteiger partial charge in [0.25, 0.3) is 0 Å². The van der Waals surface area contributed by atoms with E-state index in [1.165, 1.54) is 44.1 Å². The molecule has 6 nitrogen and oxygen atoms in total. The van der Waals surface area contributed by atoms with Crippen LogP contribution in [0.4, 0.5) is 5.69 Å². The number of rotatable bonds is 7. The molecular formula is C21H33N5O. The molecular weight excluding hydrogens is 338 g/mol. The van der Waals surface area contributed by atoms with Gasteiger partial charge in [-0.2, -0.15) is 0 Å². The summed E-state index contributed by atoms with van der Waals surface area (Å²) in [5, 5.41) is 9.66. The Bertz CT molecular complexity index is 622. The summed E-state index contributed by atoms with van der Waals surface area (Å²) in [5.41, 5.74) is 2.30. The highest BCUT2D eigenvalue weighted by atomic mass is 16.2. The van der Waals surface area contributed by atoms with E-state index in [9.17, 15) is 4.79 Å². The molecule has 6 heteroatoms. The Morgan fingerprint density at radius 3 is 2.70 bits per heavy atom. The molecule has 1 aliphatic heterocycles. The molecule has 148 valence electrons. The van der Waals surface area contributed by atoms with Gasteiger partial charge < -0.3 is 20.9 Å². The predicted octanol–water partition coefficient (Wildman–Crippen LogP) is 2.26. The van der Waals surface area contributed by atoms with Crippen molar-refractivity contribution in [2.24, 2.45) is 10.9 Å². The molecule has 0 atom stereocenters. The van der Waals surface area contributed by atoms with Gasteiger partial charge in [-0.1, -0.05) is 37.8 Å². The Labute approximate surface area is 162 Å². The monoisotopic (exact) mass is 371 g/mol. The van der Waals surface area contributed by atoms with Gasteiger partial charge in [-0.25, -0.2) is 0 Å². The van der Waals surface area contributed by atoms with Crippen molar-refractivity contribution in [1.82, 2.24) is 16.0 Å². The first-order valence-corrected chi connectivity index (χ1v) is 10.3. The second-order valence-corrected chi connectivity index (χ2v) is 7.58. The Kier molecular flexibility index (Phi) is 7.36. The van der Waals surface area contributed by atoms with Crippen LogP contribution in [0.1, 0.15) is 44.1 Å². The summed E-state index contributed by atoms with van der Waals surface area (Å²) in [4.78, 5) is 17.9. The Balaban J connectivity index is 1.38. The molecule has 1 aromatic rings. The molecule has 1 amide bonds. The Morgan fingerprint density at radius 2 is 2.00 bits per heavy atom. The maximum Gasteiger partial charge on any atom is 0.239 e. The number of carbonyl (C=O) groups excluding carboxylic acids is 1. The molecule has 2 fully saturated rings. The maximum atomic E-state index is 11.5.